The third-order valence-corrected chi connectivity index (χ3v) is 2.58. The highest BCUT2D eigenvalue weighted by Gasteiger charge is 2.10. The van der Waals surface area contributed by atoms with Gasteiger partial charge in [-0.15, -0.1) is 0 Å². The summed E-state index contributed by atoms with van der Waals surface area (Å²) >= 11 is 0. The molecule has 0 aliphatic heterocycles. The molecule has 0 unspecified atom stereocenters. The Morgan fingerprint density at radius 2 is 1.90 bits per heavy atom. The summed E-state index contributed by atoms with van der Waals surface area (Å²) in [5.74, 6) is 1.55. The fourth-order valence-electron chi connectivity index (χ4n) is 1.73. The second-order valence-electron chi connectivity index (χ2n) is 5.75. The molecule has 0 atom stereocenters. The van der Waals surface area contributed by atoms with Crippen LogP contribution in [0.3, 0.4) is 0 Å². The average Bonchev–Trinajstić information content (AvgIpc) is 2.32. The molecule has 2 rings (SSSR count). The summed E-state index contributed by atoms with van der Waals surface area (Å²) in [6.07, 6.45) is 0. The minimum atomic E-state index is -0.242. The first-order valence-corrected chi connectivity index (χ1v) is 6.53. The predicted octanol–water partition coefficient (Wildman–Crippen LogP) is 4.53. The molecule has 106 valence electrons. The van der Waals surface area contributed by atoms with E-state index in [0.717, 1.165) is 5.82 Å². The van der Waals surface area contributed by atoms with Crippen molar-refractivity contribution in [2.75, 3.05) is 5.32 Å². The van der Waals surface area contributed by atoms with Crippen molar-refractivity contribution < 1.29 is 9.13 Å². The number of benzene rings is 1. The number of nitrogens with zero attached hydrogens (tertiary/aromatic N) is 1. The zero-order valence-corrected chi connectivity index (χ0v) is 12.2. The highest BCUT2D eigenvalue weighted by atomic mass is 19.1. The molecule has 2 aromatic rings. The van der Waals surface area contributed by atoms with Gasteiger partial charge in [-0.3, -0.25) is 0 Å². The molecule has 1 aromatic heterocycles. The van der Waals surface area contributed by atoms with E-state index in [9.17, 15) is 4.39 Å². The quantitative estimate of drug-likeness (QED) is 0.892. The maximum absolute atomic E-state index is 13.2. The Hall–Kier alpha value is -2.10. The number of halogens is 1. The monoisotopic (exact) mass is 274 g/mol. The number of hydrogen-bond donors (Lipinski definition) is 1. The zero-order valence-electron chi connectivity index (χ0n) is 12.2. The van der Waals surface area contributed by atoms with Crippen LogP contribution in [-0.4, -0.2) is 10.5 Å². The maximum atomic E-state index is 13.2. The van der Waals surface area contributed by atoms with Gasteiger partial charge in [0.25, 0.3) is 0 Å². The average molecular weight is 274 g/mol. The van der Waals surface area contributed by atoms with E-state index in [1.165, 1.54) is 6.07 Å². The summed E-state index contributed by atoms with van der Waals surface area (Å²) in [7, 11) is 0. The second kappa shape index (κ2) is 5.49. The first kappa shape index (κ1) is 14.3. The highest BCUT2D eigenvalue weighted by Crippen LogP contribution is 2.23. The minimum absolute atomic E-state index is 0.0713. The summed E-state index contributed by atoms with van der Waals surface area (Å²) < 4.78 is 18.9. The van der Waals surface area contributed by atoms with E-state index in [4.69, 9.17) is 4.74 Å². The fraction of sp³-hybridized carbons (Fsp3) is 0.312. The van der Waals surface area contributed by atoms with Crippen LogP contribution in [0.5, 0.6) is 11.6 Å². The standard InChI is InChI=1S/C16H19FN2O/c1-11-10-12(8-9-13(11)17)20-15-7-5-6-14(18-15)19-16(2,3)4/h5-10H,1-4H3,(H,18,19). The van der Waals surface area contributed by atoms with Gasteiger partial charge >= 0.3 is 0 Å². The smallest absolute Gasteiger partial charge is 0.221 e. The van der Waals surface area contributed by atoms with Crippen molar-refractivity contribution in [2.24, 2.45) is 0 Å². The Kier molecular flexibility index (Phi) is 3.93. The second-order valence-corrected chi connectivity index (χ2v) is 5.75. The van der Waals surface area contributed by atoms with Gasteiger partial charge in [0.05, 0.1) is 0 Å². The minimum Gasteiger partial charge on any atom is -0.439 e. The molecule has 4 heteroatoms. The van der Waals surface area contributed by atoms with Gasteiger partial charge in [-0.2, -0.15) is 4.98 Å². The van der Waals surface area contributed by atoms with Crippen LogP contribution in [0.1, 0.15) is 26.3 Å². The number of ether oxygens (including phenoxy) is 1. The lowest BCUT2D eigenvalue weighted by Gasteiger charge is -2.21. The summed E-state index contributed by atoms with van der Waals surface area (Å²) in [6, 6.07) is 10.2. The zero-order chi connectivity index (χ0) is 14.8. The molecular weight excluding hydrogens is 255 g/mol. The van der Waals surface area contributed by atoms with E-state index in [1.807, 2.05) is 12.1 Å². The topological polar surface area (TPSA) is 34.1 Å². The Labute approximate surface area is 118 Å². The lowest BCUT2D eigenvalue weighted by Crippen LogP contribution is -2.26. The largest absolute Gasteiger partial charge is 0.439 e. The Balaban J connectivity index is 2.17. The van der Waals surface area contributed by atoms with Crippen LogP contribution >= 0.6 is 0 Å². The molecule has 0 spiro atoms. The lowest BCUT2D eigenvalue weighted by atomic mass is 10.1. The molecule has 1 heterocycles. The van der Waals surface area contributed by atoms with Crippen molar-refractivity contribution in [1.82, 2.24) is 4.98 Å². The number of pyridine rings is 1. The molecule has 1 N–H and O–H groups in total. The van der Waals surface area contributed by atoms with E-state index in [-0.39, 0.29) is 11.4 Å². The molecule has 0 bridgehead atoms. The van der Waals surface area contributed by atoms with Crippen LogP contribution in [0.4, 0.5) is 10.2 Å². The van der Waals surface area contributed by atoms with Crippen molar-refractivity contribution >= 4 is 5.82 Å². The molecule has 0 saturated carbocycles. The number of rotatable bonds is 3. The van der Waals surface area contributed by atoms with Gasteiger partial charge in [0, 0.05) is 11.6 Å². The van der Waals surface area contributed by atoms with Gasteiger partial charge in [0.2, 0.25) is 5.88 Å². The number of aryl methyl sites for hydroxylation is 1. The first-order chi connectivity index (χ1) is 9.33. The van der Waals surface area contributed by atoms with Crippen LogP contribution in [0.15, 0.2) is 36.4 Å². The molecule has 0 radical (unpaired) electrons. The van der Waals surface area contributed by atoms with Crippen LogP contribution in [0.2, 0.25) is 0 Å². The summed E-state index contributed by atoms with van der Waals surface area (Å²) in [4.78, 5) is 4.38. The molecule has 1 aromatic carbocycles. The van der Waals surface area contributed by atoms with Gasteiger partial charge in [0.15, 0.2) is 0 Å². The third-order valence-electron chi connectivity index (χ3n) is 2.58. The van der Waals surface area contributed by atoms with Crippen molar-refractivity contribution in [3.63, 3.8) is 0 Å². The van der Waals surface area contributed by atoms with Crippen LogP contribution in [0.25, 0.3) is 0 Å². The number of aromatic nitrogens is 1. The Bertz CT molecular complexity index is 606. The van der Waals surface area contributed by atoms with Crippen molar-refractivity contribution in [3.8, 4) is 11.6 Å². The Morgan fingerprint density at radius 1 is 1.15 bits per heavy atom. The lowest BCUT2D eigenvalue weighted by molar-refractivity contribution is 0.460. The fourth-order valence-corrected chi connectivity index (χ4v) is 1.73. The van der Waals surface area contributed by atoms with E-state index in [0.29, 0.717) is 17.2 Å². The highest BCUT2D eigenvalue weighted by molar-refractivity contribution is 5.40. The number of anilines is 1. The van der Waals surface area contributed by atoms with Gasteiger partial charge in [-0.05, 0) is 57.5 Å². The van der Waals surface area contributed by atoms with Gasteiger partial charge < -0.3 is 10.1 Å². The Morgan fingerprint density at radius 3 is 2.55 bits per heavy atom. The molecule has 0 amide bonds. The van der Waals surface area contributed by atoms with Crippen LogP contribution in [0, 0.1) is 12.7 Å². The molecule has 0 aliphatic carbocycles. The molecule has 0 saturated heterocycles. The van der Waals surface area contributed by atoms with Crippen molar-refractivity contribution in [1.29, 1.82) is 0 Å². The normalized spacial score (nSPS) is 11.2. The van der Waals surface area contributed by atoms with Gasteiger partial charge in [0.1, 0.15) is 17.4 Å². The summed E-state index contributed by atoms with van der Waals surface area (Å²) in [5.41, 5.74) is 0.476. The molecule has 3 nitrogen and oxygen atoms in total. The summed E-state index contributed by atoms with van der Waals surface area (Å²) in [6.45, 7) is 7.88. The first-order valence-electron chi connectivity index (χ1n) is 6.53. The molecule has 0 fully saturated rings. The third kappa shape index (κ3) is 3.95. The molecule has 0 aliphatic rings. The van der Waals surface area contributed by atoms with E-state index >= 15 is 0 Å². The van der Waals surface area contributed by atoms with Gasteiger partial charge in [-0.25, -0.2) is 4.39 Å². The predicted molar refractivity (Wildman–Crippen MR) is 78.8 cm³/mol. The van der Waals surface area contributed by atoms with Crippen molar-refractivity contribution in [3.05, 3.63) is 47.8 Å². The van der Waals surface area contributed by atoms with E-state index in [2.05, 4.69) is 31.1 Å². The molecular formula is C16H19FN2O. The summed E-state index contributed by atoms with van der Waals surface area (Å²) in [5, 5.41) is 3.28. The number of hydrogen-bond acceptors (Lipinski definition) is 3. The van der Waals surface area contributed by atoms with E-state index in [1.54, 1.807) is 25.1 Å². The molecule has 20 heavy (non-hydrogen) atoms. The van der Waals surface area contributed by atoms with Crippen LogP contribution < -0.4 is 10.1 Å². The SMILES string of the molecule is Cc1cc(Oc2cccc(NC(C)(C)C)n2)ccc1F. The van der Waals surface area contributed by atoms with Crippen LogP contribution in [-0.2, 0) is 0 Å². The van der Waals surface area contributed by atoms with Crippen molar-refractivity contribution in [2.45, 2.75) is 33.2 Å². The van der Waals surface area contributed by atoms with E-state index < -0.39 is 0 Å². The maximum Gasteiger partial charge on any atom is 0.221 e. The number of nitrogens with one attached hydrogen (secondary N) is 1. The van der Waals surface area contributed by atoms with Gasteiger partial charge in [-0.1, -0.05) is 6.07 Å².